The number of hydrogen-bond acceptors (Lipinski definition) is 2. The Hall–Kier alpha value is -7.42. The van der Waals surface area contributed by atoms with Crippen molar-refractivity contribution in [3.05, 3.63) is 224 Å². The van der Waals surface area contributed by atoms with Gasteiger partial charge in [0, 0.05) is 22.3 Å². The Labute approximate surface area is 327 Å². The number of benzene rings is 9. The molecule has 0 fully saturated rings. The molecule has 0 aliphatic rings. The number of rotatable bonds is 8. The summed E-state index contributed by atoms with van der Waals surface area (Å²) in [7, 11) is 0. The molecular weight excluding hydrogens is 679 g/mol. The van der Waals surface area contributed by atoms with Crippen molar-refractivity contribution in [1.29, 1.82) is 0 Å². The Kier molecular flexibility index (Phi) is 8.55. The van der Waals surface area contributed by atoms with E-state index < -0.39 is 0 Å². The van der Waals surface area contributed by atoms with Gasteiger partial charge in [0.05, 0.1) is 5.69 Å². The first-order chi connectivity index (χ1) is 27.7. The quantitative estimate of drug-likeness (QED) is 0.156. The van der Waals surface area contributed by atoms with Crippen LogP contribution in [0.3, 0.4) is 0 Å². The van der Waals surface area contributed by atoms with Crippen LogP contribution in [0.1, 0.15) is 0 Å². The molecule has 0 aliphatic heterocycles. The van der Waals surface area contributed by atoms with Crippen LogP contribution < -0.4 is 4.90 Å². The predicted octanol–water partition coefficient (Wildman–Crippen LogP) is 15.4. The highest BCUT2D eigenvalue weighted by atomic mass is 16.3. The largest absolute Gasteiger partial charge is 0.456 e. The normalized spacial score (nSPS) is 11.2. The van der Waals surface area contributed by atoms with Gasteiger partial charge in [0.1, 0.15) is 11.3 Å². The zero-order valence-corrected chi connectivity index (χ0v) is 30.7. The van der Waals surface area contributed by atoms with E-state index in [9.17, 15) is 0 Å². The summed E-state index contributed by atoms with van der Waals surface area (Å²) < 4.78 is 6.48. The maximum atomic E-state index is 6.48. The van der Waals surface area contributed by atoms with Crippen LogP contribution in [-0.2, 0) is 0 Å². The second kappa shape index (κ2) is 14.4. The molecule has 10 aromatic rings. The average molecular weight is 716 g/mol. The average Bonchev–Trinajstić information content (AvgIpc) is 3.72. The zero-order chi connectivity index (χ0) is 37.3. The number of anilines is 3. The second-order valence-electron chi connectivity index (χ2n) is 14.2. The first-order valence-electron chi connectivity index (χ1n) is 19.1. The standard InChI is InChI=1S/C54H37NO/c1-3-14-38(15-4-1)44-34-45(39-16-5-2-6-17-39)36-46(35-44)40-26-30-47(31-27-40)55(52-24-11-10-22-51(52)54-37-43-19-8-12-25-53(43)56-54)48-32-28-42(29-33-48)50-23-13-20-41-18-7-9-21-49(41)50/h1-37H. The van der Waals surface area contributed by atoms with Gasteiger partial charge in [0.15, 0.2) is 0 Å². The molecule has 10 rings (SSSR count). The fraction of sp³-hybridized carbons (Fsp3) is 0. The van der Waals surface area contributed by atoms with E-state index in [4.69, 9.17) is 4.42 Å². The van der Waals surface area contributed by atoms with Gasteiger partial charge in [0.25, 0.3) is 0 Å². The summed E-state index contributed by atoms with van der Waals surface area (Å²) in [5.41, 5.74) is 14.6. The summed E-state index contributed by atoms with van der Waals surface area (Å²) in [6, 6.07) is 80.1. The third-order valence-electron chi connectivity index (χ3n) is 10.7. The summed E-state index contributed by atoms with van der Waals surface area (Å²) >= 11 is 0. The van der Waals surface area contributed by atoms with E-state index in [0.717, 1.165) is 44.9 Å². The van der Waals surface area contributed by atoms with E-state index >= 15 is 0 Å². The predicted molar refractivity (Wildman–Crippen MR) is 236 cm³/mol. The molecule has 2 heteroatoms. The SMILES string of the molecule is c1ccc(-c2cc(-c3ccccc3)cc(-c3ccc(N(c4ccc(-c5cccc6ccccc56)cc4)c4ccccc4-c4cc5ccccc5o4)cc3)c2)cc1. The van der Waals surface area contributed by atoms with Crippen LogP contribution in [-0.4, -0.2) is 0 Å². The van der Waals surface area contributed by atoms with Crippen molar-refractivity contribution >= 4 is 38.8 Å². The molecule has 0 saturated carbocycles. The summed E-state index contributed by atoms with van der Waals surface area (Å²) in [4.78, 5) is 2.34. The van der Waals surface area contributed by atoms with Gasteiger partial charge in [-0.15, -0.1) is 0 Å². The van der Waals surface area contributed by atoms with Gasteiger partial charge >= 0.3 is 0 Å². The fourth-order valence-electron chi connectivity index (χ4n) is 7.88. The molecule has 0 saturated heterocycles. The van der Waals surface area contributed by atoms with Crippen LogP contribution in [0.4, 0.5) is 17.1 Å². The van der Waals surface area contributed by atoms with Gasteiger partial charge in [-0.25, -0.2) is 0 Å². The summed E-state index contributed by atoms with van der Waals surface area (Å²) in [5.74, 6) is 0.835. The molecule has 2 nitrogen and oxygen atoms in total. The molecule has 0 spiro atoms. The Balaban J connectivity index is 1.09. The monoisotopic (exact) mass is 715 g/mol. The molecule has 1 aromatic heterocycles. The first-order valence-corrected chi connectivity index (χ1v) is 19.1. The highest BCUT2D eigenvalue weighted by molar-refractivity contribution is 5.97. The number of fused-ring (bicyclic) bond motifs is 2. The van der Waals surface area contributed by atoms with Crippen LogP contribution >= 0.6 is 0 Å². The molecule has 9 aromatic carbocycles. The lowest BCUT2D eigenvalue weighted by atomic mass is 9.93. The molecule has 0 unspecified atom stereocenters. The van der Waals surface area contributed by atoms with Crippen molar-refractivity contribution in [2.75, 3.05) is 4.90 Å². The molecule has 56 heavy (non-hydrogen) atoms. The highest BCUT2D eigenvalue weighted by Crippen LogP contribution is 2.43. The maximum absolute atomic E-state index is 6.48. The van der Waals surface area contributed by atoms with Crippen molar-refractivity contribution < 1.29 is 4.42 Å². The minimum atomic E-state index is 0.835. The first kappa shape index (κ1) is 33.2. The van der Waals surface area contributed by atoms with Gasteiger partial charge in [0.2, 0.25) is 0 Å². The molecule has 0 atom stereocenters. The van der Waals surface area contributed by atoms with E-state index in [1.54, 1.807) is 0 Å². The van der Waals surface area contributed by atoms with E-state index in [0.29, 0.717) is 0 Å². The van der Waals surface area contributed by atoms with Crippen molar-refractivity contribution in [2.24, 2.45) is 0 Å². The van der Waals surface area contributed by atoms with E-state index in [2.05, 4.69) is 217 Å². The molecule has 1 heterocycles. The number of nitrogens with zero attached hydrogens (tertiary/aromatic N) is 1. The van der Waals surface area contributed by atoms with Crippen LogP contribution in [0.25, 0.3) is 77.6 Å². The van der Waals surface area contributed by atoms with Crippen molar-refractivity contribution in [2.45, 2.75) is 0 Å². The highest BCUT2D eigenvalue weighted by Gasteiger charge is 2.20. The molecule has 0 aliphatic carbocycles. The summed E-state index contributed by atoms with van der Waals surface area (Å²) in [6.07, 6.45) is 0. The van der Waals surface area contributed by atoms with Gasteiger partial charge in [-0.1, -0.05) is 158 Å². The van der Waals surface area contributed by atoms with Gasteiger partial charge < -0.3 is 9.32 Å². The fourth-order valence-corrected chi connectivity index (χ4v) is 7.88. The Morgan fingerprint density at radius 3 is 1.43 bits per heavy atom. The van der Waals surface area contributed by atoms with E-state index in [-0.39, 0.29) is 0 Å². The van der Waals surface area contributed by atoms with Gasteiger partial charge in [-0.05, 0) is 122 Å². The van der Waals surface area contributed by atoms with E-state index in [1.807, 2.05) is 12.1 Å². The van der Waals surface area contributed by atoms with Crippen molar-refractivity contribution in [3.8, 4) is 55.8 Å². The Morgan fingerprint density at radius 1 is 0.304 bits per heavy atom. The smallest absolute Gasteiger partial charge is 0.137 e. The van der Waals surface area contributed by atoms with Crippen LogP contribution in [0.2, 0.25) is 0 Å². The van der Waals surface area contributed by atoms with Gasteiger partial charge in [-0.2, -0.15) is 0 Å². The molecule has 0 radical (unpaired) electrons. The molecule has 0 amide bonds. The van der Waals surface area contributed by atoms with Crippen molar-refractivity contribution in [3.63, 3.8) is 0 Å². The maximum Gasteiger partial charge on any atom is 0.137 e. The minimum absolute atomic E-state index is 0.835. The Morgan fingerprint density at radius 2 is 0.786 bits per heavy atom. The summed E-state index contributed by atoms with van der Waals surface area (Å²) in [5, 5.41) is 3.57. The number of furan rings is 1. The number of para-hydroxylation sites is 2. The molecule has 264 valence electrons. The zero-order valence-electron chi connectivity index (χ0n) is 30.7. The van der Waals surface area contributed by atoms with Crippen LogP contribution in [0.15, 0.2) is 229 Å². The van der Waals surface area contributed by atoms with E-state index in [1.165, 1.54) is 49.7 Å². The molecular formula is C54H37NO. The van der Waals surface area contributed by atoms with Crippen LogP contribution in [0.5, 0.6) is 0 Å². The minimum Gasteiger partial charge on any atom is -0.456 e. The lowest BCUT2D eigenvalue weighted by Gasteiger charge is -2.27. The second-order valence-corrected chi connectivity index (χ2v) is 14.2. The molecule has 0 bridgehead atoms. The lowest BCUT2D eigenvalue weighted by molar-refractivity contribution is 0.631. The Bertz CT molecular complexity index is 2850. The lowest BCUT2D eigenvalue weighted by Crippen LogP contribution is -2.11. The van der Waals surface area contributed by atoms with Gasteiger partial charge in [-0.3, -0.25) is 0 Å². The van der Waals surface area contributed by atoms with Crippen molar-refractivity contribution in [1.82, 2.24) is 0 Å². The molecule has 0 N–H and O–H groups in total. The third kappa shape index (κ3) is 6.34. The summed E-state index contributed by atoms with van der Waals surface area (Å²) in [6.45, 7) is 0. The van der Waals surface area contributed by atoms with Crippen LogP contribution in [0, 0.1) is 0 Å². The topological polar surface area (TPSA) is 16.4 Å². The number of hydrogen-bond donors (Lipinski definition) is 0. The third-order valence-corrected chi connectivity index (χ3v) is 10.7.